The highest BCUT2D eigenvalue weighted by Gasteiger charge is 2.37. The van der Waals surface area contributed by atoms with Gasteiger partial charge in [-0.15, -0.1) is 0 Å². The normalized spacial score (nSPS) is 15.3. The van der Waals surface area contributed by atoms with Gasteiger partial charge >= 0.3 is 6.03 Å². The zero-order valence-corrected chi connectivity index (χ0v) is 18.0. The molecule has 0 unspecified atom stereocenters. The van der Waals surface area contributed by atoms with E-state index in [1.54, 1.807) is 36.7 Å². The number of nitrogens with one attached hydrogen (secondary N) is 1. The summed E-state index contributed by atoms with van der Waals surface area (Å²) < 4.78 is 7.45. The highest BCUT2D eigenvalue weighted by molar-refractivity contribution is 6.39. The van der Waals surface area contributed by atoms with Crippen molar-refractivity contribution in [2.45, 2.75) is 20.8 Å². The van der Waals surface area contributed by atoms with Gasteiger partial charge in [-0.25, -0.2) is 9.69 Å². The standard InChI is InChI=1S/C24H22N4O4/c1-4-32-20-9-5-7-18(13-20)28-23(30)21(22(29)26-24(28)31)12-17-11-15(2)27(16(17)3)19-8-6-10-25-14-19/h5-14H,4H2,1-3H3,(H,26,29,31). The number of amides is 4. The number of carbonyl (C=O) groups is 3. The lowest BCUT2D eigenvalue weighted by Crippen LogP contribution is -2.54. The highest BCUT2D eigenvalue weighted by atomic mass is 16.5. The van der Waals surface area contributed by atoms with Crippen LogP contribution in [0.5, 0.6) is 5.75 Å². The van der Waals surface area contributed by atoms with Gasteiger partial charge in [0.25, 0.3) is 11.8 Å². The molecule has 2 aromatic heterocycles. The van der Waals surface area contributed by atoms with Crippen LogP contribution in [0, 0.1) is 13.8 Å². The first-order chi connectivity index (χ1) is 15.4. The fourth-order valence-corrected chi connectivity index (χ4v) is 3.74. The number of imide groups is 2. The lowest BCUT2D eigenvalue weighted by atomic mass is 10.1. The van der Waals surface area contributed by atoms with Gasteiger partial charge in [0.1, 0.15) is 11.3 Å². The number of barbiturate groups is 1. The maximum Gasteiger partial charge on any atom is 0.335 e. The number of anilines is 1. The van der Waals surface area contributed by atoms with Crippen molar-refractivity contribution in [3.05, 3.63) is 77.4 Å². The summed E-state index contributed by atoms with van der Waals surface area (Å²) in [5.41, 5.74) is 3.52. The second-order valence-corrected chi connectivity index (χ2v) is 7.26. The Balaban J connectivity index is 1.74. The zero-order valence-electron chi connectivity index (χ0n) is 18.0. The van der Waals surface area contributed by atoms with Gasteiger partial charge in [-0.2, -0.15) is 0 Å². The summed E-state index contributed by atoms with van der Waals surface area (Å²) >= 11 is 0. The van der Waals surface area contributed by atoms with Gasteiger partial charge in [-0.1, -0.05) is 6.07 Å². The minimum atomic E-state index is -0.799. The van der Waals surface area contributed by atoms with Gasteiger partial charge in [-0.05, 0) is 62.7 Å². The van der Waals surface area contributed by atoms with Crippen molar-refractivity contribution < 1.29 is 19.1 Å². The van der Waals surface area contributed by atoms with Crippen molar-refractivity contribution in [2.75, 3.05) is 11.5 Å². The second-order valence-electron chi connectivity index (χ2n) is 7.26. The fourth-order valence-electron chi connectivity index (χ4n) is 3.74. The van der Waals surface area contributed by atoms with E-state index in [-0.39, 0.29) is 5.57 Å². The minimum Gasteiger partial charge on any atom is -0.494 e. The lowest BCUT2D eigenvalue weighted by molar-refractivity contribution is -0.122. The van der Waals surface area contributed by atoms with Gasteiger partial charge in [0.05, 0.1) is 24.2 Å². The Morgan fingerprint density at radius 1 is 1.06 bits per heavy atom. The molecule has 1 aromatic carbocycles. The Morgan fingerprint density at radius 3 is 2.56 bits per heavy atom. The van der Waals surface area contributed by atoms with E-state index in [4.69, 9.17) is 4.74 Å². The van der Waals surface area contributed by atoms with Crippen LogP contribution in [-0.2, 0) is 9.59 Å². The number of aryl methyl sites for hydroxylation is 1. The molecule has 1 aliphatic rings. The van der Waals surface area contributed by atoms with Crippen molar-refractivity contribution >= 4 is 29.6 Å². The van der Waals surface area contributed by atoms with Crippen LogP contribution >= 0.6 is 0 Å². The zero-order chi connectivity index (χ0) is 22.8. The molecule has 0 spiro atoms. The first-order valence-corrected chi connectivity index (χ1v) is 10.1. The largest absolute Gasteiger partial charge is 0.494 e. The number of urea groups is 1. The number of rotatable bonds is 5. The number of hydrogen-bond donors (Lipinski definition) is 1. The molecule has 0 atom stereocenters. The summed E-state index contributed by atoms with van der Waals surface area (Å²) in [5, 5.41) is 2.25. The third-order valence-corrected chi connectivity index (χ3v) is 5.16. The lowest BCUT2D eigenvalue weighted by Gasteiger charge is -2.26. The number of ether oxygens (including phenoxy) is 1. The molecule has 32 heavy (non-hydrogen) atoms. The van der Waals surface area contributed by atoms with E-state index >= 15 is 0 Å². The van der Waals surface area contributed by atoms with Gasteiger partial charge in [0.15, 0.2) is 0 Å². The SMILES string of the molecule is CCOc1cccc(N2C(=O)NC(=O)C(=Cc3cc(C)n(-c4cccnc4)c3C)C2=O)c1. The van der Waals surface area contributed by atoms with Crippen LogP contribution in [0.15, 0.2) is 60.4 Å². The number of pyridine rings is 1. The predicted octanol–water partition coefficient (Wildman–Crippen LogP) is 3.55. The molecule has 8 nitrogen and oxygen atoms in total. The Kier molecular flexibility index (Phi) is 5.59. The number of aromatic nitrogens is 2. The molecule has 0 bridgehead atoms. The maximum atomic E-state index is 13.2. The molecule has 8 heteroatoms. The molecule has 3 aromatic rings. The molecular formula is C24H22N4O4. The van der Waals surface area contributed by atoms with Crippen molar-refractivity contribution in [3.8, 4) is 11.4 Å². The van der Waals surface area contributed by atoms with Crippen LogP contribution in [0.1, 0.15) is 23.9 Å². The van der Waals surface area contributed by atoms with E-state index in [0.29, 0.717) is 23.6 Å². The van der Waals surface area contributed by atoms with E-state index in [9.17, 15) is 14.4 Å². The monoisotopic (exact) mass is 430 g/mol. The highest BCUT2D eigenvalue weighted by Crippen LogP contribution is 2.27. The van der Waals surface area contributed by atoms with Crippen LogP contribution in [0.2, 0.25) is 0 Å². The van der Waals surface area contributed by atoms with E-state index < -0.39 is 17.8 Å². The van der Waals surface area contributed by atoms with Crippen LogP contribution < -0.4 is 15.0 Å². The second kappa shape index (κ2) is 8.50. The molecule has 4 amide bonds. The summed E-state index contributed by atoms with van der Waals surface area (Å²) in [6.07, 6.45) is 4.94. The van der Waals surface area contributed by atoms with Crippen molar-refractivity contribution in [3.63, 3.8) is 0 Å². The van der Waals surface area contributed by atoms with Gasteiger partial charge in [-0.3, -0.25) is 19.9 Å². The molecule has 1 saturated heterocycles. The van der Waals surface area contributed by atoms with E-state index in [0.717, 1.165) is 22.0 Å². The van der Waals surface area contributed by atoms with Crippen molar-refractivity contribution in [1.29, 1.82) is 0 Å². The first-order valence-electron chi connectivity index (χ1n) is 10.1. The molecule has 0 saturated carbocycles. The molecule has 162 valence electrons. The molecule has 1 N–H and O–H groups in total. The third kappa shape index (κ3) is 3.78. The predicted molar refractivity (Wildman–Crippen MR) is 120 cm³/mol. The third-order valence-electron chi connectivity index (χ3n) is 5.16. The molecule has 4 rings (SSSR count). The molecule has 1 fully saturated rings. The molecule has 1 aliphatic heterocycles. The van der Waals surface area contributed by atoms with Crippen LogP contribution in [-0.4, -0.2) is 34.0 Å². The van der Waals surface area contributed by atoms with E-state index in [1.807, 2.05) is 43.5 Å². The molecule has 3 heterocycles. The topological polar surface area (TPSA) is 93.5 Å². The first kappa shape index (κ1) is 21.0. The summed E-state index contributed by atoms with van der Waals surface area (Å²) in [4.78, 5) is 43.3. The van der Waals surface area contributed by atoms with Gasteiger partial charge < -0.3 is 9.30 Å². The summed E-state index contributed by atoms with van der Waals surface area (Å²) in [5.74, 6) is -0.907. The molecular weight excluding hydrogens is 408 g/mol. The number of nitrogens with zero attached hydrogens (tertiary/aromatic N) is 3. The average molecular weight is 430 g/mol. The van der Waals surface area contributed by atoms with E-state index in [2.05, 4.69) is 10.3 Å². The Morgan fingerprint density at radius 2 is 1.84 bits per heavy atom. The Bertz CT molecular complexity index is 1240. The van der Waals surface area contributed by atoms with Gasteiger partial charge in [0.2, 0.25) is 0 Å². The Hall–Kier alpha value is -4.20. The molecule has 0 radical (unpaired) electrons. The summed E-state index contributed by atoms with van der Waals surface area (Å²) in [7, 11) is 0. The van der Waals surface area contributed by atoms with Crippen molar-refractivity contribution in [1.82, 2.24) is 14.9 Å². The van der Waals surface area contributed by atoms with E-state index in [1.165, 1.54) is 6.08 Å². The minimum absolute atomic E-state index is 0.127. The van der Waals surface area contributed by atoms with Crippen LogP contribution in [0.25, 0.3) is 11.8 Å². The van der Waals surface area contributed by atoms with Crippen molar-refractivity contribution in [2.24, 2.45) is 0 Å². The fraction of sp³-hybridized carbons (Fsp3) is 0.167. The Labute approximate surface area is 185 Å². The number of carbonyl (C=O) groups excluding carboxylic acids is 3. The van der Waals surface area contributed by atoms with Crippen LogP contribution in [0.4, 0.5) is 10.5 Å². The summed E-state index contributed by atoms with van der Waals surface area (Å²) in [6, 6.07) is 11.5. The number of benzene rings is 1. The van der Waals surface area contributed by atoms with Gasteiger partial charge in [0, 0.05) is 23.7 Å². The number of hydrogen-bond acceptors (Lipinski definition) is 5. The maximum absolute atomic E-state index is 13.2. The summed E-state index contributed by atoms with van der Waals surface area (Å²) in [6.45, 7) is 6.11. The molecule has 0 aliphatic carbocycles. The smallest absolute Gasteiger partial charge is 0.335 e. The van der Waals surface area contributed by atoms with Crippen LogP contribution in [0.3, 0.4) is 0 Å². The average Bonchev–Trinajstić information content (AvgIpc) is 3.05. The quantitative estimate of drug-likeness (QED) is 0.494.